The number of halogens is 1. The van der Waals surface area contributed by atoms with Gasteiger partial charge >= 0.3 is 0 Å². The molecule has 0 aliphatic rings. The first-order valence-corrected chi connectivity index (χ1v) is 7.22. The molecule has 2 aromatic rings. The van der Waals surface area contributed by atoms with Gasteiger partial charge in [-0.05, 0) is 24.1 Å². The number of rotatable bonds is 6. The molecule has 0 amide bonds. The lowest BCUT2D eigenvalue weighted by Crippen LogP contribution is -2.18. The van der Waals surface area contributed by atoms with Gasteiger partial charge < -0.3 is 14.8 Å². The van der Waals surface area contributed by atoms with E-state index >= 15 is 0 Å². The fourth-order valence-electron chi connectivity index (χ4n) is 2.15. The van der Waals surface area contributed by atoms with E-state index in [0.717, 1.165) is 5.56 Å². The minimum Gasteiger partial charge on any atom is -0.493 e. The predicted octanol–water partition coefficient (Wildman–Crippen LogP) is 4.21. The summed E-state index contributed by atoms with van der Waals surface area (Å²) in [7, 11) is 3.22. The highest BCUT2D eigenvalue weighted by Gasteiger charge is 2.11. The van der Waals surface area contributed by atoms with Crippen molar-refractivity contribution in [2.45, 2.75) is 19.5 Å². The van der Waals surface area contributed by atoms with E-state index in [1.807, 2.05) is 24.3 Å². The summed E-state index contributed by atoms with van der Waals surface area (Å²) in [6, 6.07) is 14.2. The van der Waals surface area contributed by atoms with E-state index in [9.17, 15) is 0 Å². The van der Waals surface area contributed by atoms with Gasteiger partial charge in [0.2, 0.25) is 0 Å². The summed E-state index contributed by atoms with van der Waals surface area (Å²) in [5, 5.41) is 4.13. The molecular formula is C17H20ClNO2. The summed E-state index contributed by atoms with van der Waals surface area (Å²) in [5.41, 5.74) is 2.23. The molecule has 2 rings (SSSR count). The zero-order valence-corrected chi connectivity index (χ0v) is 13.3. The minimum absolute atomic E-state index is 0.246. The molecule has 0 saturated heterocycles. The van der Waals surface area contributed by atoms with Crippen molar-refractivity contribution >= 4 is 11.6 Å². The normalized spacial score (nSPS) is 12.0. The zero-order valence-electron chi connectivity index (χ0n) is 12.5. The lowest BCUT2D eigenvalue weighted by Gasteiger charge is -2.16. The standard InChI is InChI=1S/C17H20ClNO2/c1-12(13-7-5-4-6-8-13)19-11-14-9-16(20-2)17(21-3)10-15(14)18/h4-10,12,19H,11H2,1-3H3/t12-/m0/s1. The summed E-state index contributed by atoms with van der Waals surface area (Å²) in [4.78, 5) is 0. The smallest absolute Gasteiger partial charge is 0.162 e. The van der Waals surface area contributed by atoms with Gasteiger partial charge in [-0.25, -0.2) is 0 Å². The van der Waals surface area contributed by atoms with Crippen molar-refractivity contribution < 1.29 is 9.47 Å². The van der Waals surface area contributed by atoms with E-state index in [2.05, 4.69) is 24.4 Å². The first-order valence-electron chi connectivity index (χ1n) is 6.84. The topological polar surface area (TPSA) is 30.5 Å². The third-order valence-electron chi connectivity index (χ3n) is 3.45. The minimum atomic E-state index is 0.246. The molecule has 4 heteroatoms. The van der Waals surface area contributed by atoms with Gasteiger partial charge in [0.15, 0.2) is 11.5 Å². The molecule has 21 heavy (non-hydrogen) atoms. The maximum Gasteiger partial charge on any atom is 0.162 e. The van der Waals surface area contributed by atoms with Crippen LogP contribution < -0.4 is 14.8 Å². The fourth-order valence-corrected chi connectivity index (χ4v) is 2.37. The van der Waals surface area contributed by atoms with E-state index < -0.39 is 0 Å². The molecule has 3 nitrogen and oxygen atoms in total. The van der Waals surface area contributed by atoms with Gasteiger partial charge in [0.25, 0.3) is 0 Å². The maximum atomic E-state index is 6.29. The number of hydrogen-bond acceptors (Lipinski definition) is 3. The highest BCUT2D eigenvalue weighted by Crippen LogP contribution is 2.33. The third kappa shape index (κ3) is 3.90. The Balaban J connectivity index is 2.09. The van der Waals surface area contributed by atoms with Gasteiger partial charge in [0.1, 0.15) is 0 Å². The summed E-state index contributed by atoms with van der Waals surface area (Å²) in [6.07, 6.45) is 0. The van der Waals surface area contributed by atoms with E-state index in [4.69, 9.17) is 21.1 Å². The Morgan fingerprint density at radius 2 is 1.67 bits per heavy atom. The predicted molar refractivity (Wildman–Crippen MR) is 86.3 cm³/mol. The van der Waals surface area contributed by atoms with Gasteiger partial charge in [-0.15, -0.1) is 0 Å². The third-order valence-corrected chi connectivity index (χ3v) is 3.80. The molecule has 0 aliphatic carbocycles. The van der Waals surface area contributed by atoms with Crippen LogP contribution in [0.5, 0.6) is 11.5 Å². The maximum absolute atomic E-state index is 6.29. The second-order valence-electron chi connectivity index (χ2n) is 4.81. The van der Waals surface area contributed by atoms with Crippen molar-refractivity contribution in [1.82, 2.24) is 5.32 Å². The lowest BCUT2D eigenvalue weighted by molar-refractivity contribution is 0.354. The largest absolute Gasteiger partial charge is 0.493 e. The van der Waals surface area contributed by atoms with Crippen molar-refractivity contribution in [3.63, 3.8) is 0 Å². The Labute approximate surface area is 130 Å². The van der Waals surface area contributed by atoms with Crippen LogP contribution in [0.3, 0.4) is 0 Å². The van der Waals surface area contributed by atoms with Gasteiger partial charge in [-0.1, -0.05) is 41.9 Å². The molecule has 1 N–H and O–H groups in total. The lowest BCUT2D eigenvalue weighted by atomic mass is 10.1. The fraction of sp³-hybridized carbons (Fsp3) is 0.294. The molecule has 112 valence electrons. The second-order valence-corrected chi connectivity index (χ2v) is 5.22. The Morgan fingerprint density at radius 1 is 1.05 bits per heavy atom. The molecule has 0 radical (unpaired) electrons. The second kappa shape index (κ2) is 7.34. The van der Waals surface area contributed by atoms with Crippen LogP contribution in [0, 0.1) is 0 Å². The van der Waals surface area contributed by atoms with Gasteiger partial charge in [0.05, 0.1) is 14.2 Å². The molecule has 1 atom stereocenters. The summed E-state index contributed by atoms with van der Waals surface area (Å²) >= 11 is 6.29. The highest BCUT2D eigenvalue weighted by molar-refractivity contribution is 6.31. The quantitative estimate of drug-likeness (QED) is 0.867. The summed E-state index contributed by atoms with van der Waals surface area (Å²) < 4.78 is 10.5. The van der Waals surface area contributed by atoms with Crippen LogP contribution >= 0.6 is 11.6 Å². The number of methoxy groups -OCH3 is 2. The molecular weight excluding hydrogens is 286 g/mol. The van der Waals surface area contributed by atoms with Crippen LogP contribution in [-0.2, 0) is 6.54 Å². The van der Waals surface area contributed by atoms with Crippen molar-refractivity contribution in [2.24, 2.45) is 0 Å². The molecule has 0 heterocycles. The van der Waals surface area contributed by atoms with Crippen molar-refractivity contribution in [1.29, 1.82) is 0 Å². The molecule has 0 spiro atoms. The van der Waals surface area contributed by atoms with Crippen LogP contribution in [0.4, 0.5) is 0 Å². The van der Waals surface area contributed by atoms with Crippen molar-refractivity contribution in [3.05, 3.63) is 58.6 Å². The Kier molecular flexibility index (Phi) is 5.48. The SMILES string of the molecule is COc1cc(Cl)c(CN[C@@H](C)c2ccccc2)cc1OC. The zero-order chi connectivity index (χ0) is 15.2. The molecule has 0 bridgehead atoms. The molecule has 0 saturated carbocycles. The number of nitrogens with one attached hydrogen (secondary N) is 1. The van der Waals surface area contributed by atoms with Gasteiger partial charge in [-0.2, -0.15) is 0 Å². The van der Waals surface area contributed by atoms with Crippen molar-refractivity contribution in [2.75, 3.05) is 14.2 Å². The average Bonchev–Trinajstić information content (AvgIpc) is 2.53. The Morgan fingerprint density at radius 3 is 2.29 bits per heavy atom. The van der Waals surface area contributed by atoms with Gasteiger partial charge in [0, 0.05) is 23.7 Å². The van der Waals surface area contributed by atoms with Crippen LogP contribution in [0.25, 0.3) is 0 Å². The first-order chi connectivity index (χ1) is 10.2. The number of benzene rings is 2. The van der Waals surface area contributed by atoms with Crippen LogP contribution in [-0.4, -0.2) is 14.2 Å². The van der Waals surface area contributed by atoms with Crippen LogP contribution in [0.1, 0.15) is 24.1 Å². The van der Waals surface area contributed by atoms with Crippen molar-refractivity contribution in [3.8, 4) is 11.5 Å². The van der Waals surface area contributed by atoms with Gasteiger partial charge in [-0.3, -0.25) is 0 Å². The molecule has 0 aromatic heterocycles. The Hall–Kier alpha value is -1.71. The van der Waals surface area contributed by atoms with Crippen LogP contribution in [0.2, 0.25) is 5.02 Å². The Bertz CT molecular complexity index is 587. The monoisotopic (exact) mass is 305 g/mol. The summed E-state index contributed by atoms with van der Waals surface area (Å²) in [5.74, 6) is 1.33. The molecule has 0 unspecified atom stereocenters. The van der Waals surface area contributed by atoms with E-state index in [0.29, 0.717) is 23.1 Å². The highest BCUT2D eigenvalue weighted by atomic mass is 35.5. The average molecular weight is 306 g/mol. The molecule has 0 aliphatic heterocycles. The van der Waals surface area contributed by atoms with Crippen LogP contribution in [0.15, 0.2) is 42.5 Å². The molecule has 0 fully saturated rings. The number of ether oxygens (including phenoxy) is 2. The first kappa shape index (κ1) is 15.7. The molecule has 2 aromatic carbocycles. The summed E-state index contributed by atoms with van der Waals surface area (Å²) in [6.45, 7) is 2.79. The van der Waals surface area contributed by atoms with E-state index in [-0.39, 0.29) is 6.04 Å². The number of hydrogen-bond donors (Lipinski definition) is 1. The van der Waals surface area contributed by atoms with E-state index in [1.165, 1.54) is 5.56 Å². The van der Waals surface area contributed by atoms with E-state index in [1.54, 1.807) is 20.3 Å².